The Morgan fingerprint density at radius 1 is 0.815 bits per heavy atom. The molecule has 0 aromatic carbocycles. The number of hydrogen-bond donors (Lipinski definition) is 1. The minimum Gasteiger partial charge on any atom is -0.316 e. The summed E-state index contributed by atoms with van der Waals surface area (Å²) >= 11 is 0. The predicted molar refractivity (Wildman–Crippen MR) is 117 cm³/mol. The smallest absolute Gasteiger partial charge is 0.0121 e. The highest BCUT2D eigenvalue weighted by Gasteiger charge is 2.59. The second kappa shape index (κ2) is 8.00. The second-order valence-corrected chi connectivity index (χ2v) is 11.6. The van der Waals surface area contributed by atoms with Crippen molar-refractivity contribution in [1.29, 1.82) is 0 Å². The third-order valence-electron chi connectivity index (χ3n) is 10.6. The van der Waals surface area contributed by atoms with Gasteiger partial charge in [0.15, 0.2) is 0 Å². The van der Waals surface area contributed by atoms with Crippen LogP contribution in [0.15, 0.2) is 0 Å². The highest BCUT2D eigenvalue weighted by atomic mass is 14.9. The molecule has 1 heteroatoms. The molecule has 0 saturated heterocycles. The van der Waals surface area contributed by atoms with Gasteiger partial charge in [-0.15, -0.1) is 0 Å². The van der Waals surface area contributed by atoms with Gasteiger partial charge >= 0.3 is 0 Å². The van der Waals surface area contributed by atoms with Crippen LogP contribution in [0, 0.1) is 40.4 Å². The largest absolute Gasteiger partial charge is 0.316 e. The Labute approximate surface area is 169 Å². The molecule has 8 atom stereocenters. The first-order chi connectivity index (χ1) is 13.0. The van der Waals surface area contributed by atoms with Crippen LogP contribution in [-0.4, -0.2) is 13.1 Å². The van der Waals surface area contributed by atoms with Gasteiger partial charge < -0.3 is 5.32 Å². The highest BCUT2D eigenvalue weighted by Crippen LogP contribution is 2.66. The zero-order chi connectivity index (χ0) is 19.1. The first kappa shape index (κ1) is 20.2. The lowest BCUT2D eigenvalue weighted by Gasteiger charge is -2.61. The van der Waals surface area contributed by atoms with Crippen molar-refractivity contribution < 1.29 is 0 Å². The Hall–Kier alpha value is -0.0400. The molecule has 4 fully saturated rings. The van der Waals surface area contributed by atoms with E-state index in [-0.39, 0.29) is 0 Å². The molecular formula is C26H47N. The van der Waals surface area contributed by atoms with Crippen LogP contribution >= 0.6 is 0 Å². The van der Waals surface area contributed by atoms with Gasteiger partial charge in [-0.2, -0.15) is 0 Å². The van der Waals surface area contributed by atoms with Crippen LogP contribution in [0.25, 0.3) is 0 Å². The van der Waals surface area contributed by atoms with Crippen LogP contribution in [0.2, 0.25) is 0 Å². The molecule has 27 heavy (non-hydrogen) atoms. The summed E-state index contributed by atoms with van der Waals surface area (Å²) in [4.78, 5) is 0. The first-order valence-corrected chi connectivity index (χ1v) is 12.7. The van der Waals surface area contributed by atoms with Crippen molar-refractivity contribution in [3.8, 4) is 0 Å². The van der Waals surface area contributed by atoms with E-state index in [1.54, 1.807) is 32.1 Å². The van der Waals surface area contributed by atoms with Gasteiger partial charge in [0.2, 0.25) is 0 Å². The van der Waals surface area contributed by atoms with Crippen LogP contribution in [-0.2, 0) is 0 Å². The van der Waals surface area contributed by atoms with Crippen molar-refractivity contribution in [1.82, 2.24) is 5.32 Å². The molecule has 4 rings (SSSR count). The number of hydrogen-bond acceptors (Lipinski definition) is 1. The molecule has 0 aromatic heterocycles. The molecule has 156 valence electrons. The molecule has 0 aliphatic heterocycles. The third kappa shape index (κ3) is 3.43. The van der Waals surface area contributed by atoms with Gasteiger partial charge in [0.05, 0.1) is 0 Å². The molecule has 1 nitrogen and oxygen atoms in total. The molecular weight excluding hydrogens is 326 g/mol. The maximum atomic E-state index is 3.70. The third-order valence-corrected chi connectivity index (χ3v) is 10.6. The predicted octanol–water partition coefficient (Wildman–Crippen LogP) is 7.20. The molecule has 1 N–H and O–H groups in total. The van der Waals surface area contributed by atoms with Crippen LogP contribution in [0.5, 0.6) is 0 Å². The van der Waals surface area contributed by atoms with E-state index in [2.05, 4.69) is 33.1 Å². The highest BCUT2D eigenvalue weighted by molar-refractivity contribution is 5.10. The summed E-state index contributed by atoms with van der Waals surface area (Å²) in [5.41, 5.74) is 1.28. The maximum absolute atomic E-state index is 3.70. The normalized spacial score (nSPS) is 49.3. The van der Waals surface area contributed by atoms with Gasteiger partial charge in [0, 0.05) is 6.04 Å². The second-order valence-electron chi connectivity index (χ2n) is 11.6. The number of nitrogens with one attached hydrogen (secondary N) is 1. The van der Waals surface area contributed by atoms with Gasteiger partial charge in [-0.05, 0) is 105 Å². The topological polar surface area (TPSA) is 12.0 Å². The van der Waals surface area contributed by atoms with Crippen molar-refractivity contribution in [2.75, 3.05) is 7.05 Å². The fourth-order valence-electron chi connectivity index (χ4n) is 8.94. The fourth-order valence-corrected chi connectivity index (χ4v) is 8.94. The lowest BCUT2D eigenvalue weighted by atomic mass is 9.44. The minimum absolute atomic E-state index is 0.593. The average Bonchev–Trinajstić information content (AvgIpc) is 3.01. The summed E-state index contributed by atoms with van der Waals surface area (Å²) in [7, 11) is 2.21. The fraction of sp³-hybridized carbons (Fsp3) is 1.00. The Bertz CT molecular complexity index is 500. The van der Waals surface area contributed by atoms with E-state index in [1.165, 1.54) is 57.8 Å². The van der Waals surface area contributed by atoms with E-state index in [0.717, 1.165) is 35.6 Å². The van der Waals surface area contributed by atoms with E-state index in [4.69, 9.17) is 0 Å². The van der Waals surface area contributed by atoms with Crippen molar-refractivity contribution in [3.63, 3.8) is 0 Å². The zero-order valence-electron chi connectivity index (χ0n) is 18.9. The summed E-state index contributed by atoms with van der Waals surface area (Å²) in [6.45, 7) is 7.72. The van der Waals surface area contributed by atoms with Crippen LogP contribution < -0.4 is 5.32 Å². The van der Waals surface area contributed by atoms with E-state index in [0.29, 0.717) is 10.8 Å². The number of unbranched alkanes of at least 4 members (excludes halogenated alkanes) is 3. The van der Waals surface area contributed by atoms with Gasteiger partial charge in [-0.25, -0.2) is 0 Å². The quantitative estimate of drug-likeness (QED) is 0.485. The van der Waals surface area contributed by atoms with Crippen molar-refractivity contribution >= 4 is 0 Å². The van der Waals surface area contributed by atoms with Gasteiger partial charge in [0.25, 0.3) is 0 Å². The summed E-state index contributed by atoms with van der Waals surface area (Å²) in [6.07, 6.45) is 21.1. The summed E-state index contributed by atoms with van der Waals surface area (Å²) in [5, 5.41) is 3.70. The Morgan fingerprint density at radius 3 is 2.37 bits per heavy atom. The van der Waals surface area contributed by atoms with Crippen LogP contribution in [0.4, 0.5) is 0 Å². The molecule has 0 spiro atoms. The van der Waals surface area contributed by atoms with Gasteiger partial charge in [-0.1, -0.05) is 52.9 Å². The number of fused-ring (bicyclic) bond motifs is 5. The van der Waals surface area contributed by atoms with Crippen molar-refractivity contribution in [2.24, 2.45) is 40.4 Å². The molecule has 0 radical (unpaired) electrons. The lowest BCUT2D eigenvalue weighted by Crippen LogP contribution is -2.55. The van der Waals surface area contributed by atoms with Gasteiger partial charge in [-0.3, -0.25) is 0 Å². The number of rotatable bonds is 6. The van der Waals surface area contributed by atoms with E-state index in [9.17, 15) is 0 Å². The standard InChI is InChI=1S/C26H47N/c1-5-6-7-8-9-19-14-16-25(2)20(18-19)10-11-21-22-12-13-24(27-4)26(22,3)17-15-23(21)25/h19-24,27H,5-18H2,1-4H3/t19-,20?,21?,22?,23?,24-,25-,26-/m0/s1. The Balaban J connectivity index is 1.41. The summed E-state index contributed by atoms with van der Waals surface area (Å²) in [6, 6.07) is 0.785. The van der Waals surface area contributed by atoms with Crippen LogP contribution in [0.1, 0.15) is 111 Å². The zero-order valence-corrected chi connectivity index (χ0v) is 18.9. The molecule has 0 aromatic rings. The van der Waals surface area contributed by atoms with E-state index >= 15 is 0 Å². The Morgan fingerprint density at radius 2 is 1.59 bits per heavy atom. The summed E-state index contributed by atoms with van der Waals surface area (Å²) in [5.74, 6) is 5.22. The molecule has 4 aliphatic carbocycles. The van der Waals surface area contributed by atoms with Crippen LogP contribution in [0.3, 0.4) is 0 Å². The van der Waals surface area contributed by atoms with E-state index < -0.39 is 0 Å². The summed E-state index contributed by atoms with van der Waals surface area (Å²) < 4.78 is 0. The minimum atomic E-state index is 0.593. The molecule has 0 bridgehead atoms. The van der Waals surface area contributed by atoms with Crippen molar-refractivity contribution in [3.05, 3.63) is 0 Å². The first-order valence-electron chi connectivity index (χ1n) is 12.7. The monoisotopic (exact) mass is 373 g/mol. The maximum Gasteiger partial charge on any atom is 0.0121 e. The van der Waals surface area contributed by atoms with Gasteiger partial charge in [0.1, 0.15) is 0 Å². The molecule has 0 heterocycles. The van der Waals surface area contributed by atoms with E-state index in [1.807, 2.05) is 0 Å². The lowest BCUT2D eigenvalue weighted by molar-refractivity contribution is -0.115. The molecule has 4 aliphatic rings. The Kier molecular flexibility index (Phi) is 6.00. The molecule has 4 saturated carbocycles. The molecule has 0 amide bonds. The average molecular weight is 374 g/mol. The molecule has 4 unspecified atom stereocenters. The SMILES string of the molecule is CCCCCC[C@H]1CC[C@@]2(C)C(CCC3C2CC[C@@]2(C)C3CC[C@@H]2NC)C1. The van der Waals surface area contributed by atoms with Crippen molar-refractivity contribution in [2.45, 2.75) is 117 Å².